The lowest BCUT2D eigenvalue weighted by Crippen LogP contribution is -2.51. The normalized spacial score (nSPS) is 12.2. The van der Waals surface area contributed by atoms with Gasteiger partial charge in [0.25, 0.3) is 5.91 Å². The Morgan fingerprint density at radius 2 is 2.11 bits per heavy atom. The van der Waals surface area contributed by atoms with Crippen LogP contribution in [0, 0.1) is 0 Å². The van der Waals surface area contributed by atoms with Crippen LogP contribution in [0.25, 0.3) is 0 Å². The van der Waals surface area contributed by atoms with Gasteiger partial charge in [-0.3, -0.25) is 9.78 Å². The highest BCUT2D eigenvalue weighted by molar-refractivity contribution is 7.88. The monoisotopic (exact) mass is 305 g/mol. The first-order chi connectivity index (χ1) is 8.61. The molecule has 0 saturated carbocycles. The van der Waals surface area contributed by atoms with E-state index in [0.29, 0.717) is 5.02 Å². The number of hydrogen-bond acceptors (Lipinski definition) is 4. The number of sulfonamides is 1. The molecule has 19 heavy (non-hydrogen) atoms. The maximum absolute atomic E-state index is 11.9. The van der Waals surface area contributed by atoms with Crippen LogP contribution in [0.5, 0.6) is 0 Å². The summed E-state index contributed by atoms with van der Waals surface area (Å²) in [7, 11) is -3.34. The number of carbonyl (C=O) groups is 1. The zero-order valence-corrected chi connectivity index (χ0v) is 12.5. The number of carbonyl (C=O) groups excluding carboxylic acids is 1. The number of nitrogens with one attached hydrogen (secondary N) is 2. The fourth-order valence-electron chi connectivity index (χ4n) is 1.48. The molecule has 0 aromatic carbocycles. The van der Waals surface area contributed by atoms with Gasteiger partial charge in [0.05, 0.1) is 16.8 Å². The smallest absolute Gasteiger partial charge is 0.254 e. The molecule has 0 atom stereocenters. The summed E-state index contributed by atoms with van der Waals surface area (Å²) in [5.74, 6) is -0.401. The van der Waals surface area contributed by atoms with E-state index in [1.54, 1.807) is 13.8 Å². The Bertz CT molecular complexity index is 572. The number of pyridine rings is 1. The Labute approximate surface area is 117 Å². The summed E-state index contributed by atoms with van der Waals surface area (Å²) < 4.78 is 24.7. The topological polar surface area (TPSA) is 88.2 Å². The molecule has 0 spiro atoms. The van der Waals surface area contributed by atoms with Gasteiger partial charge in [-0.15, -0.1) is 0 Å². The zero-order chi connectivity index (χ0) is 14.7. The van der Waals surface area contributed by atoms with Crippen LogP contribution in [0.15, 0.2) is 18.5 Å². The van der Waals surface area contributed by atoms with Gasteiger partial charge < -0.3 is 5.32 Å². The van der Waals surface area contributed by atoms with Crippen LogP contribution in [-0.2, 0) is 10.0 Å². The minimum atomic E-state index is -3.34. The number of rotatable bonds is 5. The Balaban J connectivity index is 2.67. The summed E-state index contributed by atoms with van der Waals surface area (Å²) in [6, 6.07) is 1.51. The third-order valence-corrected chi connectivity index (χ3v) is 3.42. The van der Waals surface area contributed by atoms with Gasteiger partial charge in [0.2, 0.25) is 10.0 Å². The summed E-state index contributed by atoms with van der Waals surface area (Å²) in [4.78, 5) is 15.7. The van der Waals surface area contributed by atoms with Crippen molar-refractivity contribution in [3.05, 3.63) is 29.0 Å². The van der Waals surface area contributed by atoms with Gasteiger partial charge in [0, 0.05) is 24.5 Å². The highest BCUT2D eigenvalue weighted by Gasteiger charge is 2.23. The number of halogens is 1. The van der Waals surface area contributed by atoms with E-state index in [1.807, 2.05) is 0 Å². The fraction of sp³-hybridized carbons (Fsp3) is 0.455. The molecule has 1 aromatic heterocycles. The van der Waals surface area contributed by atoms with Gasteiger partial charge >= 0.3 is 0 Å². The summed E-state index contributed by atoms with van der Waals surface area (Å²) in [6.07, 6.45) is 3.90. The minimum Gasteiger partial charge on any atom is -0.350 e. The highest BCUT2D eigenvalue weighted by atomic mass is 35.5. The van der Waals surface area contributed by atoms with E-state index in [0.717, 1.165) is 6.26 Å². The predicted molar refractivity (Wildman–Crippen MR) is 73.6 cm³/mol. The van der Waals surface area contributed by atoms with E-state index >= 15 is 0 Å². The van der Waals surface area contributed by atoms with Crippen LogP contribution in [0.4, 0.5) is 0 Å². The lowest BCUT2D eigenvalue weighted by atomic mass is 10.1. The molecule has 106 valence electrons. The fourth-order valence-corrected chi connectivity index (χ4v) is 2.75. The van der Waals surface area contributed by atoms with Crippen molar-refractivity contribution in [2.24, 2.45) is 0 Å². The molecule has 0 bridgehead atoms. The summed E-state index contributed by atoms with van der Waals surface area (Å²) in [5.41, 5.74) is -0.544. The first-order valence-corrected chi connectivity index (χ1v) is 7.74. The molecule has 1 amide bonds. The van der Waals surface area contributed by atoms with E-state index in [9.17, 15) is 13.2 Å². The van der Waals surface area contributed by atoms with Crippen molar-refractivity contribution in [3.63, 3.8) is 0 Å². The van der Waals surface area contributed by atoms with Gasteiger partial charge in [-0.25, -0.2) is 13.1 Å². The quantitative estimate of drug-likeness (QED) is 0.842. The lowest BCUT2D eigenvalue weighted by Gasteiger charge is -2.25. The zero-order valence-electron chi connectivity index (χ0n) is 10.9. The molecule has 0 fully saturated rings. The standard InChI is InChI=1S/C11H16ClN3O3S/c1-11(2,15-19(3,17)18)7-14-10(16)8-6-13-5-4-9(8)12/h4-6,15H,7H2,1-3H3,(H,14,16). The molecule has 1 aromatic rings. The molecule has 0 radical (unpaired) electrons. The van der Waals surface area contributed by atoms with Crippen molar-refractivity contribution in [2.75, 3.05) is 12.8 Å². The Hall–Kier alpha value is -1.18. The molecule has 0 aliphatic carbocycles. The molecule has 0 aliphatic heterocycles. The molecular weight excluding hydrogens is 290 g/mol. The second kappa shape index (κ2) is 5.85. The maximum atomic E-state index is 11.9. The third kappa shape index (κ3) is 5.54. The average molecular weight is 306 g/mol. The number of aromatic nitrogens is 1. The van der Waals surface area contributed by atoms with Crippen LogP contribution in [0.2, 0.25) is 5.02 Å². The van der Waals surface area contributed by atoms with Gasteiger partial charge in [0.1, 0.15) is 0 Å². The van der Waals surface area contributed by atoms with E-state index in [-0.39, 0.29) is 12.1 Å². The first kappa shape index (κ1) is 15.9. The average Bonchev–Trinajstić information content (AvgIpc) is 2.23. The molecule has 2 N–H and O–H groups in total. The molecule has 1 heterocycles. The highest BCUT2D eigenvalue weighted by Crippen LogP contribution is 2.13. The number of amides is 1. The van der Waals surface area contributed by atoms with E-state index < -0.39 is 21.5 Å². The molecular formula is C11H16ClN3O3S. The predicted octanol–water partition coefficient (Wildman–Crippen LogP) is 0.793. The van der Waals surface area contributed by atoms with Crippen molar-refractivity contribution in [1.82, 2.24) is 15.0 Å². The molecule has 8 heteroatoms. The molecule has 6 nitrogen and oxygen atoms in total. The lowest BCUT2D eigenvalue weighted by molar-refractivity contribution is 0.0944. The Kier molecular flexibility index (Phi) is 4.89. The van der Waals surface area contributed by atoms with Crippen molar-refractivity contribution in [3.8, 4) is 0 Å². The third-order valence-electron chi connectivity index (χ3n) is 2.17. The van der Waals surface area contributed by atoms with Crippen molar-refractivity contribution >= 4 is 27.5 Å². The van der Waals surface area contributed by atoms with Crippen LogP contribution in [0.1, 0.15) is 24.2 Å². The van der Waals surface area contributed by atoms with Crippen LogP contribution in [0.3, 0.4) is 0 Å². The SMILES string of the molecule is CC(C)(CNC(=O)c1cnccc1Cl)NS(C)(=O)=O. The Morgan fingerprint density at radius 1 is 1.47 bits per heavy atom. The largest absolute Gasteiger partial charge is 0.350 e. The first-order valence-electron chi connectivity index (χ1n) is 5.47. The summed E-state index contributed by atoms with van der Waals surface area (Å²) in [6.45, 7) is 3.46. The van der Waals surface area contributed by atoms with E-state index in [1.165, 1.54) is 18.5 Å². The van der Waals surface area contributed by atoms with Gasteiger partial charge in [0.15, 0.2) is 0 Å². The second-order valence-corrected chi connectivity index (χ2v) is 6.95. The number of nitrogens with zero attached hydrogens (tertiary/aromatic N) is 1. The van der Waals surface area contributed by atoms with Crippen molar-refractivity contribution in [1.29, 1.82) is 0 Å². The van der Waals surface area contributed by atoms with Crippen molar-refractivity contribution in [2.45, 2.75) is 19.4 Å². The van der Waals surface area contributed by atoms with Gasteiger partial charge in [-0.2, -0.15) is 0 Å². The van der Waals surface area contributed by atoms with Crippen molar-refractivity contribution < 1.29 is 13.2 Å². The molecule has 0 saturated heterocycles. The molecule has 0 aliphatic rings. The molecule has 0 unspecified atom stereocenters. The number of hydrogen-bond donors (Lipinski definition) is 2. The summed E-state index contributed by atoms with van der Waals surface area (Å²) >= 11 is 5.86. The van der Waals surface area contributed by atoms with Gasteiger partial charge in [-0.1, -0.05) is 11.6 Å². The van der Waals surface area contributed by atoms with Crippen LogP contribution in [-0.4, -0.2) is 37.6 Å². The van der Waals surface area contributed by atoms with Crippen LogP contribution < -0.4 is 10.0 Å². The maximum Gasteiger partial charge on any atom is 0.254 e. The summed E-state index contributed by atoms with van der Waals surface area (Å²) in [5, 5.41) is 2.91. The van der Waals surface area contributed by atoms with E-state index in [2.05, 4.69) is 15.0 Å². The minimum absolute atomic E-state index is 0.129. The Morgan fingerprint density at radius 3 is 2.63 bits per heavy atom. The van der Waals surface area contributed by atoms with E-state index in [4.69, 9.17) is 11.6 Å². The molecule has 1 rings (SSSR count). The second-order valence-electron chi connectivity index (χ2n) is 4.80. The van der Waals surface area contributed by atoms with Gasteiger partial charge in [-0.05, 0) is 19.9 Å². The van der Waals surface area contributed by atoms with Crippen LogP contribution >= 0.6 is 11.6 Å².